The van der Waals surface area contributed by atoms with Gasteiger partial charge in [0, 0.05) is 36.6 Å². The fourth-order valence-electron chi connectivity index (χ4n) is 3.69. The third kappa shape index (κ3) is 3.74. The lowest BCUT2D eigenvalue weighted by Gasteiger charge is -2.30. The van der Waals surface area contributed by atoms with Crippen molar-refractivity contribution >= 4 is 22.7 Å². The molecule has 0 radical (unpaired) electrons. The van der Waals surface area contributed by atoms with Crippen LogP contribution < -0.4 is 5.32 Å². The maximum absolute atomic E-state index is 13.1. The molecule has 1 saturated heterocycles. The van der Waals surface area contributed by atoms with Crippen LogP contribution in [0.15, 0.2) is 53.3 Å². The van der Waals surface area contributed by atoms with Gasteiger partial charge in [-0.1, -0.05) is 18.2 Å². The van der Waals surface area contributed by atoms with E-state index in [0.29, 0.717) is 6.42 Å². The maximum Gasteiger partial charge on any atom is 0.287 e. The van der Waals surface area contributed by atoms with Crippen molar-refractivity contribution in [1.82, 2.24) is 15.2 Å². The molecule has 4 rings (SSSR count). The number of amides is 2. The SMILES string of the molecule is O=C(N[C@H](Cc1c[nH]c2ccccc12)C(=O)N1CCCCC1)c1ccco1. The summed E-state index contributed by atoms with van der Waals surface area (Å²) >= 11 is 0. The number of nitrogens with zero attached hydrogens (tertiary/aromatic N) is 1. The van der Waals surface area contributed by atoms with Gasteiger partial charge in [0.25, 0.3) is 5.91 Å². The molecule has 0 bridgehead atoms. The Labute approximate surface area is 157 Å². The predicted molar refractivity (Wildman–Crippen MR) is 102 cm³/mol. The number of nitrogens with one attached hydrogen (secondary N) is 2. The molecule has 2 aromatic heterocycles. The normalized spacial score (nSPS) is 15.6. The minimum atomic E-state index is -0.625. The van der Waals surface area contributed by atoms with E-state index in [1.54, 1.807) is 12.1 Å². The van der Waals surface area contributed by atoms with E-state index in [2.05, 4.69) is 10.3 Å². The van der Waals surface area contributed by atoms with Gasteiger partial charge in [-0.3, -0.25) is 9.59 Å². The van der Waals surface area contributed by atoms with Crippen molar-refractivity contribution in [2.75, 3.05) is 13.1 Å². The Kier molecular flexibility index (Phi) is 4.96. The van der Waals surface area contributed by atoms with Crippen LogP contribution >= 0.6 is 0 Å². The fraction of sp³-hybridized carbons (Fsp3) is 0.333. The molecule has 0 spiro atoms. The Morgan fingerprint density at radius 1 is 1.11 bits per heavy atom. The zero-order valence-corrected chi connectivity index (χ0v) is 15.1. The van der Waals surface area contributed by atoms with Crippen LogP contribution in [0.25, 0.3) is 10.9 Å². The van der Waals surface area contributed by atoms with Crippen molar-refractivity contribution < 1.29 is 14.0 Å². The molecule has 3 aromatic rings. The fourth-order valence-corrected chi connectivity index (χ4v) is 3.69. The van der Waals surface area contributed by atoms with Crippen LogP contribution in [0.4, 0.5) is 0 Å². The van der Waals surface area contributed by atoms with E-state index in [0.717, 1.165) is 48.8 Å². The van der Waals surface area contributed by atoms with Gasteiger partial charge in [-0.2, -0.15) is 0 Å². The Balaban J connectivity index is 1.58. The third-order valence-electron chi connectivity index (χ3n) is 5.12. The number of carbonyl (C=O) groups excluding carboxylic acids is 2. The number of carbonyl (C=O) groups is 2. The number of hydrogen-bond donors (Lipinski definition) is 2. The van der Waals surface area contributed by atoms with E-state index < -0.39 is 6.04 Å². The van der Waals surface area contributed by atoms with Gasteiger partial charge in [0.05, 0.1) is 6.26 Å². The van der Waals surface area contributed by atoms with Crippen LogP contribution in [-0.4, -0.2) is 40.8 Å². The van der Waals surface area contributed by atoms with Crippen molar-refractivity contribution in [2.24, 2.45) is 0 Å². The second kappa shape index (κ2) is 7.70. The molecule has 140 valence electrons. The third-order valence-corrected chi connectivity index (χ3v) is 5.12. The Bertz CT molecular complexity index is 923. The second-order valence-electron chi connectivity index (χ2n) is 6.95. The first kappa shape index (κ1) is 17.4. The molecular weight excluding hydrogens is 342 g/mol. The van der Waals surface area contributed by atoms with Gasteiger partial charge in [-0.05, 0) is 43.0 Å². The number of hydrogen-bond acceptors (Lipinski definition) is 3. The molecule has 2 amide bonds. The van der Waals surface area contributed by atoms with Crippen LogP contribution in [0.5, 0.6) is 0 Å². The van der Waals surface area contributed by atoms with Gasteiger partial charge in [-0.15, -0.1) is 0 Å². The van der Waals surface area contributed by atoms with Crippen molar-refractivity contribution in [1.29, 1.82) is 0 Å². The highest BCUT2D eigenvalue weighted by molar-refractivity contribution is 5.96. The lowest BCUT2D eigenvalue weighted by atomic mass is 10.0. The monoisotopic (exact) mass is 365 g/mol. The van der Waals surface area contributed by atoms with E-state index in [4.69, 9.17) is 4.42 Å². The number of aromatic amines is 1. The Morgan fingerprint density at radius 2 is 1.93 bits per heavy atom. The molecule has 6 nitrogen and oxygen atoms in total. The van der Waals surface area contributed by atoms with E-state index >= 15 is 0 Å². The van der Waals surface area contributed by atoms with Gasteiger partial charge in [0.15, 0.2) is 5.76 Å². The number of piperidine rings is 1. The number of likely N-dealkylation sites (tertiary alicyclic amines) is 1. The Morgan fingerprint density at radius 3 is 2.70 bits per heavy atom. The zero-order chi connectivity index (χ0) is 18.6. The molecule has 1 fully saturated rings. The summed E-state index contributed by atoms with van der Waals surface area (Å²) in [6.07, 6.45) is 6.98. The van der Waals surface area contributed by atoms with Crippen molar-refractivity contribution in [3.05, 3.63) is 60.2 Å². The largest absolute Gasteiger partial charge is 0.459 e. The van der Waals surface area contributed by atoms with Crippen LogP contribution in [-0.2, 0) is 11.2 Å². The first-order chi connectivity index (χ1) is 13.2. The number of aromatic nitrogens is 1. The number of H-pyrrole nitrogens is 1. The molecule has 0 saturated carbocycles. The van der Waals surface area contributed by atoms with Crippen LogP contribution in [0, 0.1) is 0 Å². The molecule has 0 unspecified atom stereocenters. The topological polar surface area (TPSA) is 78.3 Å². The second-order valence-corrected chi connectivity index (χ2v) is 6.95. The van der Waals surface area contributed by atoms with Crippen LogP contribution in [0.1, 0.15) is 35.4 Å². The Hall–Kier alpha value is -3.02. The van der Waals surface area contributed by atoms with E-state index in [1.807, 2.05) is 35.4 Å². The summed E-state index contributed by atoms with van der Waals surface area (Å²) in [5, 5.41) is 3.95. The summed E-state index contributed by atoms with van der Waals surface area (Å²) in [7, 11) is 0. The standard InChI is InChI=1S/C21H23N3O3/c25-20(19-9-6-12-27-19)23-18(21(26)24-10-4-1-5-11-24)13-15-14-22-17-8-3-2-7-16(15)17/h2-3,6-9,12,14,18,22H,1,4-5,10-11,13H2,(H,23,25)/t18-/m1/s1. The summed E-state index contributed by atoms with van der Waals surface area (Å²) in [5.74, 6) is -0.180. The highest BCUT2D eigenvalue weighted by atomic mass is 16.3. The lowest BCUT2D eigenvalue weighted by molar-refractivity contribution is -0.134. The molecule has 3 heterocycles. The molecule has 1 aliphatic heterocycles. The molecule has 27 heavy (non-hydrogen) atoms. The molecule has 2 N–H and O–H groups in total. The summed E-state index contributed by atoms with van der Waals surface area (Å²) in [6, 6.07) is 10.6. The highest BCUT2D eigenvalue weighted by Crippen LogP contribution is 2.20. The predicted octanol–water partition coefficient (Wildman–Crippen LogP) is 3.11. The van der Waals surface area contributed by atoms with E-state index in [-0.39, 0.29) is 17.6 Å². The van der Waals surface area contributed by atoms with Crippen molar-refractivity contribution in [3.8, 4) is 0 Å². The quantitative estimate of drug-likeness (QED) is 0.729. The molecule has 6 heteroatoms. The molecule has 0 aliphatic carbocycles. The summed E-state index contributed by atoms with van der Waals surface area (Å²) in [4.78, 5) is 30.8. The van der Waals surface area contributed by atoms with Gasteiger partial charge in [0.2, 0.25) is 5.91 Å². The summed E-state index contributed by atoms with van der Waals surface area (Å²) in [5.41, 5.74) is 2.04. The summed E-state index contributed by atoms with van der Waals surface area (Å²) < 4.78 is 5.18. The summed E-state index contributed by atoms with van der Waals surface area (Å²) in [6.45, 7) is 1.50. The van der Waals surface area contributed by atoms with Crippen molar-refractivity contribution in [2.45, 2.75) is 31.7 Å². The van der Waals surface area contributed by atoms with Crippen LogP contribution in [0.2, 0.25) is 0 Å². The van der Waals surface area contributed by atoms with E-state index in [1.165, 1.54) is 6.26 Å². The van der Waals surface area contributed by atoms with Crippen molar-refractivity contribution in [3.63, 3.8) is 0 Å². The average molecular weight is 365 g/mol. The maximum atomic E-state index is 13.1. The molecular formula is C21H23N3O3. The molecule has 1 atom stereocenters. The smallest absolute Gasteiger partial charge is 0.287 e. The zero-order valence-electron chi connectivity index (χ0n) is 15.1. The molecule has 1 aromatic carbocycles. The first-order valence-corrected chi connectivity index (χ1v) is 9.40. The number of furan rings is 1. The highest BCUT2D eigenvalue weighted by Gasteiger charge is 2.28. The minimum Gasteiger partial charge on any atom is -0.459 e. The number of fused-ring (bicyclic) bond motifs is 1. The van der Waals surface area contributed by atoms with Crippen LogP contribution in [0.3, 0.4) is 0 Å². The van der Waals surface area contributed by atoms with Gasteiger partial charge < -0.3 is 19.6 Å². The average Bonchev–Trinajstić information content (AvgIpc) is 3.38. The van der Waals surface area contributed by atoms with Gasteiger partial charge in [-0.25, -0.2) is 0 Å². The lowest BCUT2D eigenvalue weighted by Crippen LogP contribution is -2.51. The first-order valence-electron chi connectivity index (χ1n) is 9.40. The number of para-hydroxylation sites is 1. The molecule has 1 aliphatic rings. The number of rotatable bonds is 5. The number of benzene rings is 1. The minimum absolute atomic E-state index is 0.0279. The van der Waals surface area contributed by atoms with E-state index in [9.17, 15) is 9.59 Å². The van der Waals surface area contributed by atoms with Gasteiger partial charge in [0.1, 0.15) is 6.04 Å². The van der Waals surface area contributed by atoms with Gasteiger partial charge >= 0.3 is 0 Å².